The van der Waals surface area contributed by atoms with Crippen LogP contribution in [-0.2, 0) is 6.54 Å². The number of quaternary nitrogens is 1. The van der Waals surface area contributed by atoms with Gasteiger partial charge in [-0.3, -0.25) is 0 Å². The number of hydrogen-bond donors (Lipinski definition) is 1. The number of aliphatic hydroxyl groups excluding tert-OH is 1. The fraction of sp³-hybridized carbons (Fsp3) is 0.455. The van der Waals surface area contributed by atoms with Crippen molar-refractivity contribution in [1.29, 1.82) is 0 Å². The number of nitrogens with zero attached hydrogens (tertiary/aromatic N) is 1. The molecule has 0 unspecified atom stereocenters. The lowest BCUT2D eigenvalue weighted by atomic mass is 9.98. The molecule has 0 saturated carbocycles. The Balaban J connectivity index is 1.87. The third kappa shape index (κ3) is 6.18. The van der Waals surface area contributed by atoms with Crippen molar-refractivity contribution in [2.24, 2.45) is 0 Å². The van der Waals surface area contributed by atoms with E-state index in [0.717, 1.165) is 16.8 Å². The van der Waals surface area contributed by atoms with Crippen molar-refractivity contribution in [2.45, 2.75) is 39.3 Å². The molecular weight excluding hydrogens is 310 g/mol. The average Bonchev–Trinajstić information content (AvgIpc) is 2.52. The molecule has 0 amide bonds. The first-order valence-corrected chi connectivity index (χ1v) is 9.04. The Bertz CT molecular complexity index is 665. The zero-order valence-corrected chi connectivity index (χ0v) is 16.2. The Morgan fingerprint density at radius 1 is 1.04 bits per heavy atom. The summed E-state index contributed by atoms with van der Waals surface area (Å²) in [6.45, 7) is 8.35. The van der Waals surface area contributed by atoms with Crippen molar-refractivity contribution in [3.05, 3.63) is 65.2 Å². The highest BCUT2D eigenvalue weighted by atomic mass is 16.5. The van der Waals surface area contributed by atoms with Gasteiger partial charge in [-0.2, -0.15) is 0 Å². The monoisotopic (exact) mass is 342 g/mol. The molecule has 0 aromatic heterocycles. The highest BCUT2D eigenvalue weighted by Gasteiger charge is 2.21. The van der Waals surface area contributed by atoms with E-state index >= 15 is 0 Å². The normalized spacial score (nSPS) is 13.1. The minimum absolute atomic E-state index is 0.316. The molecule has 1 N–H and O–H groups in total. The van der Waals surface area contributed by atoms with Crippen LogP contribution in [0.5, 0.6) is 5.75 Å². The number of likely N-dealkylation sites (N-methyl/N-ethyl adjacent to an activating group) is 1. The lowest BCUT2D eigenvalue weighted by Gasteiger charge is -2.32. The van der Waals surface area contributed by atoms with Crippen LogP contribution in [0.15, 0.2) is 48.5 Å². The van der Waals surface area contributed by atoms with E-state index in [0.29, 0.717) is 19.1 Å². The number of rotatable bonds is 8. The van der Waals surface area contributed by atoms with Gasteiger partial charge in [0.25, 0.3) is 0 Å². The second kappa shape index (κ2) is 8.50. The minimum Gasteiger partial charge on any atom is -0.491 e. The molecule has 0 aliphatic carbocycles. The molecule has 25 heavy (non-hydrogen) atoms. The first-order chi connectivity index (χ1) is 11.8. The van der Waals surface area contributed by atoms with Crippen molar-refractivity contribution in [3.8, 4) is 5.75 Å². The van der Waals surface area contributed by atoms with E-state index in [4.69, 9.17) is 4.74 Å². The van der Waals surface area contributed by atoms with Gasteiger partial charge in [0.2, 0.25) is 0 Å². The van der Waals surface area contributed by atoms with E-state index in [1.165, 1.54) is 16.7 Å². The highest BCUT2D eigenvalue weighted by Crippen LogP contribution is 2.23. The lowest BCUT2D eigenvalue weighted by molar-refractivity contribution is -0.906. The summed E-state index contributed by atoms with van der Waals surface area (Å²) in [5.41, 5.74) is 3.86. The maximum absolute atomic E-state index is 10.4. The van der Waals surface area contributed by atoms with Crippen LogP contribution in [0, 0.1) is 6.92 Å². The average molecular weight is 343 g/mol. The molecule has 3 heteroatoms. The van der Waals surface area contributed by atoms with Crippen molar-refractivity contribution >= 4 is 0 Å². The maximum atomic E-state index is 10.4. The molecule has 2 aromatic carbocycles. The van der Waals surface area contributed by atoms with Crippen molar-refractivity contribution in [2.75, 3.05) is 27.2 Å². The molecule has 0 radical (unpaired) electrons. The van der Waals surface area contributed by atoms with E-state index in [9.17, 15) is 5.11 Å². The molecule has 3 nitrogen and oxygen atoms in total. The van der Waals surface area contributed by atoms with Gasteiger partial charge in [-0.1, -0.05) is 50.2 Å². The van der Waals surface area contributed by atoms with Crippen LogP contribution in [0.25, 0.3) is 0 Å². The summed E-state index contributed by atoms with van der Waals surface area (Å²) >= 11 is 0. The van der Waals surface area contributed by atoms with E-state index in [1.54, 1.807) is 0 Å². The summed E-state index contributed by atoms with van der Waals surface area (Å²) in [6, 6.07) is 16.6. The Morgan fingerprint density at radius 2 is 1.72 bits per heavy atom. The summed E-state index contributed by atoms with van der Waals surface area (Å²) in [4.78, 5) is 0. The maximum Gasteiger partial charge on any atom is 0.137 e. The van der Waals surface area contributed by atoms with Crippen LogP contribution >= 0.6 is 0 Å². The lowest BCUT2D eigenvalue weighted by Crippen LogP contribution is -2.46. The van der Waals surface area contributed by atoms with Crippen LogP contribution in [0.4, 0.5) is 0 Å². The third-order valence-electron chi connectivity index (χ3n) is 4.46. The summed E-state index contributed by atoms with van der Waals surface area (Å²) in [5.74, 6) is 1.34. The zero-order chi connectivity index (χ0) is 18.4. The van der Waals surface area contributed by atoms with Gasteiger partial charge < -0.3 is 14.3 Å². The van der Waals surface area contributed by atoms with Crippen LogP contribution in [-0.4, -0.2) is 42.9 Å². The molecule has 0 heterocycles. The highest BCUT2D eigenvalue weighted by molar-refractivity contribution is 5.36. The fourth-order valence-electron chi connectivity index (χ4n) is 3.34. The molecule has 136 valence electrons. The quantitative estimate of drug-likeness (QED) is 0.731. The molecular formula is C22H32NO2+. The molecule has 0 saturated heterocycles. The van der Waals surface area contributed by atoms with Crippen LogP contribution in [0.3, 0.4) is 0 Å². The van der Waals surface area contributed by atoms with Gasteiger partial charge in [-0.15, -0.1) is 0 Å². The summed E-state index contributed by atoms with van der Waals surface area (Å²) in [6.07, 6.45) is -0.496. The number of hydrogen-bond acceptors (Lipinski definition) is 2. The molecule has 0 spiro atoms. The van der Waals surface area contributed by atoms with Crippen LogP contribution in [0.1, 0.15) is 36.5 Å². The molecule has 2 rings (SSSR count). The first-order valence-electron chi connectivity index (χ1n) is 9.04. The minimum atomic E-state index is -0.496. The van der Waals surface area contributed by atoms with E-state index in [-0.39, 0.29) is 0 Å². The second-order valence-corrected chi connectivity index (χ2v) is 7.90. The van der Waals surface area contributed by atoms with Gasteiger partial charge in [-0.05, 0) is 36.1 Å². The Labute approximate surface area is 152 Å². The van der Waals surface area contributed by atoms with Crippen molar-refractivity contribution < 1.29 is 14.3 Å². The summed E-state index contributed by atoms with van der Waals surface area (Å²) < 4.78 is 6.54. The van der Waals surface area contributed by atoms with Gasteiger partial charge in [0.15, 0.2) is 0 Å². The van der Waals surface area contributed by atoms with Crippen LogP contribution < -0.4 is 4.74 Å². The standard InChI is InChI=1S/C22H32NO2/c1-17(2)22-12-11-21(13-18(22)3)25-16-20(24)15-23(4,5)14-19-9-7-6-8-10-19/h6-13,17,20,24H,14-16H2,1-5H3/q+1/t20-/m0/s1. The molecule has 2 aromatic rings. The number of ether oxygens (including phenoxy) is 1. The smallest absolute Gasteiger partial charge is 0.137 e. The van der Waals surface area contributed by atoms with E-state index in [1.807, 2.05) is 12.1 Å². The fourth-order valence-corrected chi connectivity index (χ4v) is 3.34. The van der Waals surface area contributed by atoms with Gasteiger partial charge in [-0.25, -0.2) is 0 Å². The van der Waals surface area contributed by atoms with E-state index in [2.05, 4.69) is 71.3 Å². The molecule has 0 bridgehead atoms. The zero-order valence-electron chi connectivity index (χ0n) is 16.2. The van der Waals surface area contributed by atoms with Crippen LogP contribution in [0.2, 0.25) is 0 Å². The van der Waals surface area contributed by atoms with Gasteiger partial charge in [0.05, 0.1) is 14.1 Å². The Morgan fingerprint density at radius 3 is 2.32 bits per heavy atom. The number of aryl methyl sites for hydroxylation is 1. The largest absolute Gasteiger partial charge is 0.491 e. The number of benzene rings is 2. The molecule has 0 fully saturated rings. The summed E-state index contributed by atoms with van der Waals surface area (Å²) in [7, 11) is 4.27. The number of aliphatic hydroxyl groups is 1. The topological polar surface area (TPSA) is 29.5 Å². The molecule has 0 aliphatic heterocycles. The predicted molar refractivity (Wildman–Crippen MR) is 104 cm³/mol. The molecule has 1 atom stereocenters. The van der Waals surface area contributed by atoms with Gasteiger partial charge in [0, 0.05) is 5.56 Å². The third-order valence-corrected chi connectivity index (χ3v) is 4.46. The second-order valence-electron chi connectivity index (χ2n) is 7.90. The van der Waals surface area contributed by atoms with Gasteiger partial charge in [0.1, 0.15) is 31.5 Å². The SMILES string of the molecule is Cc1cc(OC[C@@H](O)C[N+](C)(C)Cc2ccccc2)ccc1C(C)C. The van der Waals surface area contributed by atoms with E-state index < -0.39 is 6.10 Å². The summed E-state index contributed by atoms with van der Waals surface area (Å²) in [5, 5.41) is 10.4. The Kier molecular flexibility index (Phi) is 6.63. The van der Waals surface area contributed by atoms with Gasteiger partial charge >= 0.3 is 0 Å². The van der Waals surface area contributed by atoms with Crippen molar-refractivity contribution in [3.63, 3.8) is 0 Å². The predicted octanol–water partition coefficient (Wildman–Crippen LogP) is 4.13. The molecule has 0 aliphatic rings. The van der Waals surface area contributed by atoms with Crippen molar-refractivity contribution in [1.82, 2.24) is 0 Å². The first kappa shape index (κ1) is 19.5. The Hall–Kier alpha value is -1.84.